The lowest BCUT2D eigenvalue weighted by molar-refractivity contribution is -0.141. The van der Waals surface area contributed by atoms with Crippen molar-refractivity contribution in [1.29, 1.82) is 0 Å². The molecule has 1 unspecified atom stereocenters. The van der Waals surface area contributed by atoms with Gasteiger partial charge in [-0.3, -0.25) is 4.79 Å². The maximum absolute atomic E-state index is 12.2. The predicted molar refractivity (Wildman–Crippen MR) is 70.6 cm³/mol. The monoisotopic (exact) mass is 262 g/mol. The van der Waals surface area contributed by atoms with Gasteiger partial charge in [-0.25, -0.2) is 4.79 Å². The summed E-state index contributed by atoms with van der Waals surface area (Å²) in [6, 6.07) is 9.63. The molecule has 0 radical (unpaired) electrons. The third-order valence-corrected chi connectivity index (χ3v) is 3.40. The Labute approximate surface area is 112 Å². The van der Waals surface area contributed by atoms with Gasteiger partial charge in [0.2, 0.25) is 0 Å². The second-order valence-corrected chi connectivity index (χ2v) is 4.89. The smallest absolute Gasteiger partial charge is 0.320 e. The molecule has 1 heterocycles. The number of carboxylic acid groups (broad SMARTS) is 1. The van der Waals surface area contributed by atoms with Crippen molar-refractivity contribution in [2.75, 3.05) is 20.1 Å². The van der Waals surface area contributed by atoms with E-state index >= 15 is 0 Å². The first kappa shape index (κ1) is 13.4. The molecule has 2 rings (SSSR count). The van der Waals surface area contributed by atoms with Crippen LogP contribution in [0, 0.1) is 5.92 Å². The van der Waals surface area contributed by atoms with Crippen LogP contribution in [0.5, 0.6) is 0 Å². The van der Waals surface area contributed by atoms with Crippen LogP contribution in [-0.2, 0) is 11.3 Å². The zero-order valence-electron chi connectivity index (χ0n) is 11.0. The summed E-state index contributed by atoms with van der Waals surface area (Å²) in [5, 5.41) is 8.94. The molecule has 19 heavy (non-hydrogen) atoms. The number of hydrogen-bond acceptors (Lipinski definition) is 2. The summed E-state index contributed by atoms with van der Waals surface area (Å²) in [6.45, 7) is 1.37. The number of carbonyl (C=O) groups is 2. The van der Waals surface area contributed by atoms with Gasteiger partial charge in [0.25, 0.3) is 0 Å². The minimum absolute atomic E-state index is 0.104. The molecule has 1 aromatic carbocycles. The number of carbonyl (C=O) groups excluding carboxylic acids is 1. The molecule has 5 nitrogen and oxygen atoms in total. The highest BCUT2D eigenvalue weighted by Crippen LogP contribution is 2.18. The van der Waals surface area contributed by atoms with Crippen LogP contribution in [0.1, 0.15) is 12.0 Å². The largest absolute Gasteiger partial charge is 0.481 e. The molecule has 1 saturated heterocycles. The van der Waals surface area contributed by atoms with Gasteiger partial charge in [0.1, 0.15) is 0 Å². The number of urea groups is 1. The molecule has 0 aliphatic carbocycles. The Hall–Kier alpha value is -2.04. The molecule has 0 bridgehead atoms. The maximum Gasteiger partial charge on any atom is 0.320 e. The average Bonchev–Trinajstić information content (AvgIpc) is 2.88. The molecule has 102 valence electrons. The Morgan fingerprint density at radius 1 is 1.37 bits per heavy atom. The van der Waals surface area contributed by atoms with Crippen LogP contribution < -0.4 is 0 Å². The van der Waals surface area contributed by atoms with E-state index in [4.69, 9.17) is 5.11 Å². The Morgan fingerprint density at radius 2 is 2.05 bits per heavy atom. The molecular weight excluding hydrogens is 244 g/mol. The Morgan fingerprint density at radius 3 is 2.63 bits per heavy atom. The Bertz CT molecular complexity index is 461. The van der Waals surface area contributed by atoms with Crippen molar-refractivity contribution in [3.8, 4) is 0 Å². The van der Waals surface area contributed by atoms with Gasteiger partial charge in [-0.2, -0.15) is 0 Å². The van der Waals surface area contributed by atoms with Crippen molar-refractivity contribution >= 4 is 12.0 Å². The zero-order valence-corrected chi connectivity index (χ0v) is 11.0. The summed E-state index contributed by atoms with van der Waals surface area (Å²) in [6.07, 6.45) is 0.542. The van der Waals surface area contributed by atoms with Gasteiger partial charge >= 0.3 is 12.0 Å². The highest BCUT2D eigenvalue weighted by Gasteiger charge is 2.32. The number of amides is 2. The van der Waals surface area contributed by atoms with Crippen LogP contribution in [-0.4, -0.2) is 47.0 Å². The maximum atomic E-state index is 12.2. The number of aliphatic carboxylic acids is 1. The fourth-order valence-electron chi connectivity index (χ4n) is 2.30. The third-order valence-electron chi connectivity index (χ3n) is 3.40. The molecule has 1 fully saturated rings. The van der Waals surface area contributed by atoms with E-state index in [-0.39, 0.29) is 6.03 Å². The van der Waals surface area contributed by atoms with Crippen LogP contribution in [0.25, 0.3) is 0 Å². The molecule has 1 N–H and O–H groups in total. The SMILES string of the molecule is CN(Cc1ccccc1)C(=O)N1CCC(C(=O)O)C1. The van der Waals surface area contributed by atoms with Gasteiger partial charge in [-0.05, 0) is 12.0 Å². The summed E-state index contributed by atoms with van der Waals surface area (Å²) in [5.41, 5.74) is 1.06. The number of carboxylic acids is 1. The summed E-state index contributed by atoms with van der Waals surface area (Å²) >= 11 is 0. The Balaban J connectivity index is 1.91. The number of benzene rings is 1. The van der Waals surface area contributed by atoms with Crippen LogP contribution >= 0.6 is 0 Å². The fraction of sp³-hybridized carbons (Fsp3) is 0.429. The highest BCUT2D eigenvalue weighted by molar-refractivity contribution is 5.77. The first-order valence-corrected chi connectivity index (χ1v) is 6.34. The summed E-state index contributed by atoms with van der Waals surface area (Å²) in [7, 11) is 1.74. The van der Waals surface area contributed by atoms with E-state index in [1.807, 2.05) is 30.3 Å². The van der Waals surface area contributed by atoms with E-state index in [0.717, 1.165) is 5.56 Å². The number of nitrogens with zero attached hydrogens (tertiary/aromatic N) is 2. The summed E-state index contributed by atoms with van der Waals surface area (Å²) in [5.74, 6) is -1.24. The van der Waals surface area contributed by atoms with Gasteiger partial charge in [-0.1, -0.05) is 30.3 Å². The fourth-order valence-corrected chi connectivity index (χ4v) is 2.30. The molecule has 0 aromatic heterocycles. The van der Waals surface area contributed by atoms with E-state index in [9.17, 15) is 9.59 Å². The van der Waals surface area contributed by atoms with Gasteiger partial charge in [0.15, 0.2) is 0 Å². The predicted octanol–water partition coefficient (Wildman–Crippen LogP) is 1.64. The van der Waals surface area contributed by atoms with E-state index in [2.05, 4.69) is 0 Å². The topological polar surface area (TPSA) is 60.9 Å². The number of likely N-dealkylation sites (tertiary alicyclic amines) is 1. The van der Waals surface area contributed by atoms with E-state index in [1.165, 1.54) is 0 Å². The molecule has 1 atom stereocenters. The number of rotatable bonds is 3. The molecule has 5 heteroatoms. The molecule has 0 saturated carbocycles. The lowest BCUT2D eigenvalue weighted by Gasteiger charge is -2.24. The van der Waals surface area contributed by atoms with Gasteiger partial charge in [0, 0.05) is 26.7 Å². The van der Waals surface area contributed by atoms with Crippen molar-refractivity contribution in [2.45, 2.75) is 13.0 Å². The van der Waals surface area contributed by atoms with E-state index in [0.29, 0.717) is 26.1 Å². The normalized spacial score (nSPS) is 18.4. The zero-order chi connectivity index (χ0) is 13.8. The minimum atomic E-state index is -0.819. The molecule has 2 amide bonds. The lowest BCUT2D eigenvalue weighted by Crippen LogP contribution is -2.39. The van der Waals surface area contributed by atoms with Crippen molar-refractivity contribution in [1.82, 2.24) is 9.80 Å². The van der Waals surface area contributed by atoms with Gasteiger partial charge in [-0.15, -0.1) is 0 Å². The van der Waals surface area contributed by atoms with Crippen molar-refractivity contribution in [2.24, 2.45) is 5.92 Å². The summed E-state index contributed by atoms with van der Waals surface area (Å²) < 4.78 is 0. The molecule has 0 spiro atoms. The van der Waals surface area contributed by atoms with Crippen LogP contribution in [0.4, 0.5) is 4.79 Å². The highest BCUT2D eigenvalue weighted by atomic mass is 16.4. The van der Waals surface area contributed by atoms with Crippen LogP contribution in [0.3, 0.4) is 0 Å². The van der Waals surface area contributed by atoms with E-state index in [1.54, 1.807) is 16.8 Å². The first-order chi connectivity index (χ1) is 9.08. The van der Waals surface area contributed by atoms with Crippen molar-refractivity contribution in [3.05, 3.63) is 35.9 Å². The van der Waals surface area contributed by atoms with Gasteiger partial charge < -0.3 is 14.9 Å². The van der Waals surface area contributed by atoms with Crippen molar-refractivity contribution < 1.29 is 14.7 Å². The second-order valence-electron chi connectivity index (χ2n) is 4.89. The lowest BCUT2D eigenvalue weighted by atomic mass is 10.1. The number of hydrogen-bond donors (Lipinski definition) is 1. The average molecular weight is 262 g/mol. The molecular formula is C14H18N2O3. The van der Waals surface area contributed by atoms with Crippen molar-refractivity contribution in [3.63, 3.8) is 0 Å². The van der Waals surface area contributed by atoms with E-state index < -0.39 is 11.9 Å². The summed E-state index contributed by atoms with van der Waals surface area (Å²) in [4.78, 5) is 26.3. The first-order valence-electron chi connectivity index (χ1n) is 6.34. The second kappa shape index (κ2) is 5.73. The molecule has 1 aliphatic rings. The third kappa shape index (κ3) is 3.24. The van der Waals surface area contributed by atoms with Crippen LogP contribution in [0.15, 0.2) is 30.3 Å². The standard InChI is InChI=1S/C14H18N2O3/c1-15(9-11-5-3-2-4-6-11)14(19)16-8-7-12(10-16)13(17)18/h2-6,12H,7-10H2,1H3,(H,17,18). The minimum Gasteiger partial charge on any atom is -0.481 e. The molecule has 1 aliphatic heterocycles. The van der Waals surface area contributed by atoms with Gasteiger partial charge in [0.05, 0.1) is 5.92 Å². The van der Waals surface area contributed by atoms with Crippen LogP contribution in [0.2, 0.25) is 0 Å². The molecule has 1 aromatic rings. The Kier molecular flexibility index (Phi) is 4.04. The quantitative estimate of drug-likeness (QED) is 0.901.